The fraction of sp³-hybridized carbons (Fsp3) is 0.125. The van der Waals surface area contributed by atoms with Gasteiger partial charge in [0.2, 0.25) is 0 Å². The average Bonchev–Trinajstić information content (AvgIpc) is 2.81. The first-order valence-corrected chi connectivity index (χ1v) is 6.77. The number of aromatic nitrogens is 1. The minimum atomic E-state index is -0.759. The fourth-order valence-electron chi connectivity index (χ4n) is 2.29. The van der Waals surface area contributed by atoms with Gasteiger partial charge in [-0.25, -0.2) is 4.79 Å². The smallest absolute Gasteiger partial charge is 0.337 e. The summed E-state index contributed by atoms with van der Waals surface area (Å²) in [6, 6.07) is 7.89. The third kappa shape index (κ3) is 2.64. The maximum absolute atomic E-state index is 12.1. The van der Waals surface area contributed by atoms with Gasteiger partial charge in [-0.2, -0.15) is 0 Å². The van der Waals surface area contributed by atoms with Crippen molar-refractivity contribution in [2.24, 2.45) is 0 Å². The predicted octanol–water partition coefficient (Wildman–Crippen LogP) is 1.39. The minimum Gasteiger partial charge on any atom is -0.496 e. The highest BCUT2D eigenvalue weighted by molar-refractivity contribution is 6.20. The Kier molecular flexibility index (Phi) is 3.76. The Labute approximate surface area is 131 Å². The molecule has 0 fully saturated rings. The van der Waals surface area contributed by atoms with E-state index in [-0.39, 0.29) is 17.5 Å². The third-order valence-electron chi connectivity index (χ3n) is 3.36. The van der Waals surface area contributed by atoms with Gasteiger partial charge in [-0.05, 0) is 18.2 Å². The molecule has 0 unspecified atom stereocenters. The number of hydrogen-bond acceptors (Lipinski definition) is 6. The lowest BCUT2D eigenvalue weighted by atomic mass is 10.1. The number of carbonyl (C=O) groups is 3. The number of ether oxygens (including phenoxy) is 1. The van der Waals surface area contributed by atoms with E-state index >= 15 is 0 Å². The van der Waals surface area contributed by atoms with Gasteiger partial charge in [-0.3, -0.25) is 14.6 Å². The Balaban J connectivity index is 1.74. The van der Waals surface area contributed by atoms with E-state index in [9.17, 15) is 14.4 Å². The van der Waals surface area contributed by atoms with Gasteiger partial charge in [0.05, 0.1) is 24.7 Å². The zero-order chi connectivity index (χ0) is 16.4. The number of imide groups is 1. The standard InChI is InChI=1S/C16H12N2O5/c1-22-13-6-7-17-9-10(13)8-14(19)23-18-15(20)11-4-2-3-5-12(11)16(18)21/h2-7,9H,8H2,1H3. The zero-order valence-corrected chi connectivity index (χ0v) is 12.2. The summed E-state index contributed by atoms with van der Waals surface area (Å²) < 4.78 is 5.11. The summed E-state index contributed by atoms with van der Waals surface area (Å²) in [5.74, 6) is -1.60. The van der Waals surface area contributed by atoms with Crippen molar-refractivity contribution in [3.8, 4) is 5.75 Å². The van der Waals surface area contributed by atoms with Crippen molar-refractivity contribution in [3.05, 3.63) is 59.4 Å². The van der Waals surface area contributed by atoms with Gasteiger partial charge in [-0.1, -0.05) is 17.2 Å². The molecular weight excluding hydrogens is 300 g/mol. The molecule has 7 heteroatoms. The zero-order valence-electron chi connectivity index (χ0n) is 12.2. The molecule has 2 aromatic rings. The molecule has 1 aliphatic heterocycles. The molecule has 1 aliphatic rings. The molecule has 2 amide bonds. The van der Waals surface area contributed by atoms with Crippen LogP contribution in [0.15, 0.2) is 42.7 Å². The van der Waals surface area contributed by atoms with Crippen molar-refractivity contribution in [1.82, 2.24) is 10.0 Å². The molecule has 116 valence electrons. The van der Waals surface area contributed by atoms with E-state index < -0.39 is 17.8 Å². The predicted molar refractivity (Wildman–Crippen MR) is 77.5 cm³/mol. The summed E-state index contributed by atoms with van der Waals surface area (Å²) in [5.41, 5.74) is 0.921. The first-order chi connectivity index (χ1) is 11.1. The number of rotatable bonds is 4. The van der Waals surface area contributed by atoms with Crippen LogP contribution in [0.5, 0.6) is 5.75 Å². The Hall–Kier alpha value is -3.22. The number of pyridine rings is 1. The van der Waals surface area contributed by atoms with Crippen LogP contribution in [0, 0.1) is 0 Å². The van der Waals surface area contributed by atoms with Gasteiger partial charge in [0, 0.05) is 18.0 Å². The van der Waals surface area contributed by atoms with Gasteiger partial charge in [0.1, 0.15) is 5.75 Å². The van der Waals surface area contributed by atoms with Crippen LogP contribution in [0.3, 0.4) is 0 Å². The number of hydrogen-bond donors (Lipinski definition) is 0. The Morgan fingerprint density at radius 3 is 2.39 bits per heavy atom. The normalized spacial score (nSPS) is 13.0. The fourth-order valence-corrected chi connectivity index (χ4v) is 2.29. The molecule has 2 heterocycles. The SMILES string of the molecule is COc1ccncc1CC(=O)ON1C(=O)c2ccccc2C1=O. The van der Waals surface area contributed by atoms with Crippen LogP contribution >= 0.6 is 0 Å². The molecule has 0 spiro atoms. The molecule has 0 bridgehead atoms. The van der Waals surface area contributed by atoms with Gasteiger partial charge in [0.15, 0.2) is 0 Å². The van der Waals surface area contributed by atoms with E-state index in [2.05, 4.69) is 4.98 Å². The van der Waals surface area contributed by atoms with Crippen LogP contribution in [-0.2, 0) is 16.1 Å². The quantitative estimate of drug-likeness (QED) is 0.793. The molecular formula is C16H12N2O5. The van der Waals surface area contributed by atoms with Crippen molar-refractivity contribution in [1.29, 1.82) is 0 Å². The van der Waals surface area contributed by atoms with Crippen LogP contribution in [0.1, 0.15) is 26.3 Å². The van der Waals surface area contributed by atoms with E-state index in [0.717, 1.165) is 0 Å². The molecule has 0 atom stereocenters. The van der Waals surface area contributed by atoms with E-state index in [0.29, 0.717) is 16.4 Å². The summed E-state index contributed by atoms with van der Waals surface area (Å²) in [7, 11) is 1.47. The summed E-state index contributed by atoms with van der Waals surface area (Å²) >= 11 is 0. The maximum atomic E-state index is 12.1. The van der Waals surface area contributed by atoms with Crippen LogP contribution in [0.25, 0.3) is 0 Å². The molecule has 0 saturated heterocycles. The minimum absolute atomic E-state index is 0.176. The molecule has 0 N–H and O–H groups in total. The van der Waals surface area contributed by atoms with E-state index in [1.165, 1.54) is 31.6 Å². The van der Waals surface area contributed by atoms with Crippen LogP contribution in [0.4, 0.5) is 0 Å². The number of fused-ring (bicyclic) bond motifs is 1. The Bertz CT molecular complexity index is 768. The summed E-state index contributed by atoms with van der Waals surface area (Å²) in [4.78, 5) is 45.1. The van der Waals surface area contributed by atoms with Crippen LogP contribution < -0.4 is 4.74 Å². The highest BCUT2D eigenvalue weighted by Crippen LogP contribution is 2.23. The second kappa shape index (κ2) is 5.88. The monoisotopic (exact) mass is 312 g/mol. The summed E-state index contributed by atoms with van der Waals surface area (Å²) in [5, 5.41) is 0.482. The molecule has 0 saturated carbocycles. The summed E-state index contributed by atoms with van der Waals surface area (Å²) in [6.07, 6.45) is 2.81. The Morgan fingerprint density at radius 2 is 1.78 bits per heavy atom. The van der Waals surface area contributed by atoms with Crippen LogP contribution in [-0.4, -0.2) is 34.9 Å². The van der Waals surface area contributed by atoms with Gasteiger partial charge >= 0.3 is 5.97 Å². The van der Waals surface area contributed by atoms with Crippen molar-refractivity contribution >= 4 is 17.8 Å². The van der Waals surface area contributed by atoms with Crippen molar-refractivity contribution in [2.45, 2.75) is 6.42 Å². The lowest BCUT2D eigenvalue weighted by Crippen LogP contribution is -2.33. The largest absolute Gasteiger partial charge is 0.496 e. The number of carbonyl (C=O) groups excluding carboxylic acids is 3. The van der Waals surface area contributed by atoms with Gasteiger partial charge in [0.25, 0.3) is 11.8 Å². The highest BCUT2D eigenvalue weighted by atomic mass is 16.7. The first kappa shape index (κ1) is 14.7. The van der Waals surface area contributed by atoms with Gasteiger partial charge < -0.3 is 9.57 Å². The molecule has 0 aliphatic carbocycles. The van der Waals surface area contributed by atoms with Gasteiger partial charge in [-0.15, -0.1) is 0 Å². The number of nitrogens with zero attached hydrogens (tertiary/aromatic N) is 2. The molecule has 0 radical (unpaired) electrons. The lowest BCUT2D eigenvalue weighted by molar-refractivity contribution is -0.167. The molecule has 1 aromatic carbocycles. The van der Waals surface area contributed by atoms with Crippen molar-refractivity contribution in [2.75, 3.05) is 7.11 Å². The van der Waals surface area contributed by atoms with Crippen molar-refractivity contribution in [3.63, 3.8) is 0 Å². The topological polar surface area (TPSA) is 85.8 Å². The Morgan fingerprint density at radius 1 is 1.13 bits per heavy atom. The highest BCUT2D eigenvalue weighted by Gasteiger charge is 2.38. The molecule has 23 heavy (non-hydrogen) atoms. The van der Waals surface area contributed by atoms with E-state index in [1.807, 2.05) is 0 Å². The number of hydroxylamine groups is 2. The van der Waals surface area contributed by atoms with E-state index in [1.54, 1.807) is 18.2 Å². The lowest BCUT2D eigenvalue weighted by Gasteiger charge is -2.13. The molecule has 3 rings (SSSR count). The number of methoxy groups -OCH3 is 1. The third-order valence-corrected chi connectivity index (χ3v) is 3.36. The van der Waals surface area contributed by atoms with Crippen LogP contribution in [0.2, 0.25) is 0 Å². The second-order valence-electron chi connectivity index (χ2n) is 4.78. The molecule has 1 aromatic heterocycles. The second-order valence-corrected chi connectivity index (χ2v) is 4.78. The number of amides is 2. The summed E-state index contributed by atoms with van der Waals surface area (Å²) in [6.45, 7) is 0. The van der Waals surface area contributed by atoms with Crippen molar-refractivity contribution < 1.29 is 24.0 Å². The number of benzene rings is 1. The average molecular weight is 312 g/mol. The molecule has 7 nitrogen and oxygen atoms in total. The van der Waals surface area contributed by atoms with E-state index in [4.69, 9.17) is 9.57 Å². The maximum Gasteiger partial charge on any atom is 0.337 e. The first-order valence-electron chi connectivity index (χ1n) is 6.77.